The second kappa shape index (κ2) is 8.68. The van der Waals surface area contributed by atoms with Crippen LogP contribution in [0.15, 0.2) is 35.1 Å². The molecule has 0 aliphatic rings. The van der Waals surface area contributed by atoms with E-state index >= 15 is 0 Å². The van der Waals surface area contributed by atoms with E-state index in [2.05, 4.69) is 17.6 Å². The van der Waals surface area contributed by atoms with Gasteiger partial charge >= 0.3 is 0 Å². The number of unbranched alkanes of at least 4 members (excludes halogenated alkanes) is 3. The molecule has 5 nitrogen and oxygen atoms in total. The first-order valence-electron chi connectivity index (χ1n) is 8.45. The molecule has 0 saturated heterocycles. The van der Waals surface area contributed by atoms with Gasteiger partial charge in [-0.05, 0) is 37.7 Å². The van der Waals surface area contributed by atoms with Crippen molar-refractivity contribution in [2.45, 2.75) is 39.5 Å². The van der Waals surface area contributed by atoms with Gasteiger partial charge in [-0.2, -0.15) is 0 Å². The van der Waals surface area contributed by atoms with Crippen LogP contribution in [0.1, 0.15) is 38.3 Å². The molecule has 6 heteroatoms. The standard InChI is InChI=1S/C18H26N4OS/c1-4-5-6-10-13-19-18(24)20-16-14(2)21(3)22(17(16)23)15-11-8-7-9-12-15/h7-9,11-12H,4-6,10,13H2,1-3H3,(H2,19,20,24). The van der Waals surface area contributed by atoms with E-state index in [0.29, 0.717) is 10.8 Å². The zero-order chi connectivity index (χ0) is 17.5. The van der Waals surface area contributed by atoms with Crippen LogP contribution in [0.4, 0.5) is 5.69 Å². The van der Waals surface area contributed by atoms with Crippen molar-refractivity contribution >= 4 is 23.0 Å². The first kappa shape index (κ1) is 18.3. The van der Waals surface area contributed by atoms with Crippen molar-refractivity contribution in [3.05, 3.63) is 46.4 Å². The van der Waals surface area contributed by atoms with E-state index in [-0.39, 0.29) is 5.56 Å². The number of hydrogen-bond acceptors (Lipinski definition) is 2. The Kier molecular flexibility index (Phi) is 6.61. The number of anilines is 1. The summed E-state index contributed by atoms with van der Waals surface area (Å²) >= 11 is 5.32. The van der Waals surface area contributed by atoms with E-state index in [9.17, 15) is 4.79 Å². The number of nitrogens with one attached hydrogen (secondary N) is 2. The van der Waals surface area contributed by atoms with Crippen molar-refractivity contribution < 1.29 is 0 Å². The fourth-order valence-corrected chi connectivity index (χ4v) is 2.83. The predicted molar refractivity (Wildman–Crippen MR) is 104 cm³/mol. The highest BCUT2D eigenvalue weighted by Gasteiger charge is 2.16. The number of nitrogens with zero attached hydrogens (tertiary/aromatic N) is 2. The quantitative estimate of drug-likeness (QED) is 0.596. The molecule has 2 N–H and O–H groups in total. The lowest BCUT2D eigenvalue weighted by Gasteiger charge is -2.09. The molecule has 0 fully saturated rings. The summed E-state index contributed by atoms with van der Waals surface area (Å²) in [6.45, 7) is 4.92. The molecule has 0 aliphatic heterocycles. The molecule has 0 spiro atoms. The summed E-state index contributed by atoms with van der Waals surface area (Å²) in [5, 5.41) is 6.74. The highest BCUT2D eigenvalue weighted by Crippen LogP contribution is 2.13. The Bertz CT molecular complexity index is 733. The molecule has 1 aromatic heterocycles. The molecular weight excluding hydrogens is 320 g/mol. The molecule has 24 heavy (non-hydrogen) atoms. The molecule has 0 amide bonds. The Morgan fingerprint density at radius 1 is 1.17 bits per heavy atom. The minimum absolute atomic E-state index is 0.101. The second-order valence-corrected chi connectivity index (χ2v) is 6.29. The average molecular weight is 347 g/mol. The maximum Gasteiger partial charge on any atom is 0.295 e. The Labute approximate surface area is 148 Å². The summed E-state index contributed by atoms with van der Waals surface area (Å²) in [5.41, 5.74) is 2.10. The summed E-state index contributed by atoms with van der Waals surface area (Å²) in [6.07, 6.45) is 4.72. The molecule has 130 valence electrons. The smallest absolute Gasteiger partial charge is 0.295 e. The Balaban J connectivity index is 2.09. The third-order valence-electron chi connectivity index (χ3n) is 4.11. The Morgan fingerprint density at radius 3 is 2.54 bits per heavy atom. The van der Waals surface area contributed by atoms with Crippen molar-refractivity contribution in [2.75, 3.05) is 11.9 Å². The van der Waals surface area contributed by atoms with Gasteiger partial charge in [0, 0.05) is 13.6 Å². The van der Waals surface area contributed by atoms with E-state index in [0.717, 1.165) is 24.3 Å². The number of aromatic nitrogens is 2. The van der Waals surface area contributed by atoms with Crippen molar-refractivity contribution in [2.24, 2.45) is 7.05 Å². The monoisotopic (exact) mass is 346 g/mol. The van der Waals surface area contributed by atoms with Crippen molar-refractivity contribution in [1.29, 1.82) is 0 Å². The topological polar surface area (TPSA) is 51.0 Å². The van der Waals surface area contributed by atoms with Crippen molar-refractivity contribution in [3.63, 3.8) is 0 Å². The molecule has 0 bridgehead atoms. The van der Waals surface area contributed by atoms with Gasteiger partial charge in [0.05, 0.1) is 11.4 Å². The number of thiocarbonyl (C=S) groups is 1. The van der Waals surface area contributed by atoms with Crippen LogP contribution in [0.3, 0.4) is 0 Å². The van der Waals surface area contributed by atoms with Crippen LogP contribution in [-0.4, -0.2) is 21.0 Å². The summed E-state index contributed by atoms with van der Waals surface area (Å²) in [7, 11) is 1.87. The fourth-order valence-electron chi connectivity index (χ4n) is 2.62. The van der Waals surface area contributed by atoms with E-state index < -0.39 is 0 Å². The highest BCUT2D eigenvalue weighted by molar-refractivity contribution is 7.80. The largest absolute Gasteiger partial charge is 0.362 e. The normalized spacial score (nSPS) is 10.6. The third-order valence-corrected chi connectivity index (χ3v) is 4.36. The number of rotatable bonds is 7. The van der Waals surface area contributed by atoms with Gasteiger partial charge in [-0.25, -0.2) is 4.68 Å². The first-order chi connectivity index (χ1) is 11.6. The fraction of sp³-hybridized carbons (Fsp3) is 0.444. The van der Waals surface area contributed by atoms with Gasteiger partial charge in [0.25, 0.3) is 5.56 Å². The van der Waals surface area contributed by atoms with Crippen molar-refractivity contribution in [3.8, 4) is 5.69 Å². The van der Waals surface area contributed by atoms with Crippen LogP contribution in [0.2, 0.25) is 0 Å². The minimum atomic E-state index is -0.101. The molecule has 0 unspecified atom stereocenters. The minimum Gasteiger partial charge on any atom is -0.362 e. The van der Waals surface area contributed by atoms with Gasteiger partial charge < -0.3 is 10.6 Å². The lowest BCUT2D eigenvalue weighted by Crippen LogP contribution is -2.31. The molecule has 1 aromatic carbocycles. The predicted octanol–water partition coefficient (Wildman–Crippen LogP) is 3.35. The Morgan fingerprint density at radius 2 is 1.88 bits per heavy atom. The van der Waals surface area contributed by atoms with Gasteiger partial charge in [-0.3, -0.25) is 9.48 Å². The van der Waals surface area contributed by atoms with Crippen LogP contribution >= 0.6 is 12.2 Å². The first-order valence-corrected chi connectivity index (χ1v) is 8.86. The van der Waals surface area contributed by atoms with Crippen LogP contribution in [0, 0.1) is 6.92 Å². The van der Waals surface area contributed by atoms with Gasteiger partial charge in [0.1, 0.15) is 5.69 Å². The van der Waals surface area contributed by atoms with E-state index in [1.807, 2.05) is 49.0 Å². The van der Waals surface area contributed by atoms with Gasteiger partial charge in [0.15, 0.2) is 5.11 Å². The van der Waals surface area contributed by atoms with E-state index in [1.165, 1.54) is 19.3 Å². The van der Waals surface area contributed by atoms with Crippen LogP contribution in [0.5, 0.6) is 0 Å². The third kappa shape index (κ3) is 4.26. The zero-order valence-corrected chi connectivity index (χ0v) is 15.4. The molecule has 0 aliphatic carbocycles. The van der Waals surface area contributed by atoms with Gasteiger partial charge in [-0.1, -0.05) is 44.4 Å². The lowest BCUT2D eigenvalue weighted by molar-refractivity contribution is 0.630. The summed E-state index contributed by atoms with van der Waals surface area (Å²) in [4.78, 5) is 12.8. The summed E-state index contributed by atoms with van der Waals surface area (Å²) in [6, 6.07) is 9.59. The number of benzene rings is 1. The van der Waals surface area contributed by atoms with E-state index in [1.54, 1.807) is 4.68 Å². The molecule has 2 rings (SSSR count). The maximum atomic E-state index is 12.8. The summed E-state index contributed by atoms with van der Waals surface area (Å²) < 4.78 is 3.48. The molecule has 0 radical (unpaired) electrons. The molecule has 2 aromatic rings. The van der Waals surface area contributed by atoms with Crippen molar-refractivity contribution in [1.82, 2.24) is 14.7 Å². The highest BCUT2D eigenvalue weighted by atomic mass is 32.1. The van der Waals surface area contributed by atoms with Gasteiger partial charge in [0.2, 0.25) is 0 Å². The molecule has 0 saturated carbocycles. The molecular formula is C18H26N4OS. The maximum absolute atomic E-state index is 12.8. The SMILES string of the molecule is CCCCCCNC(=S)Nc1c(C)n(C)n(-c2ccccc2)c1=O. The Hall–Kier alpha value is -2.08. The van der Waals surface area contributed by atoms with Crippen LogP contribution < -0.4 is 16.2 Å². The van der Waals surface area contributed by atoms with Crippen LogP contribution in [0.25, 0.3) is 5.69 Å². The molecule has 0 atom stereocenters. The zero-order valence-electron chi connectivity index (χ0n) is 14.6. The van der Waals surface area contributed by atoms with Crippen LogP contribution in [-0.2, 0) is 7.05 Å². The molecule has 1 heterocycles. The summed E-state index contributed by atoms with van der Waals surface area (Å²) in [5.74, 6) is 0. The van der Waals surface area contributed by atoms with Gasteiger partial charge in [-0.15, -0.1) is 0 Å². The average Bonchev–Trinajstić information content (AvgIpc) is 2.79. The lowest BCUT2D eigenvalue weighted by atomic mass is 10.2. The van der Waals surface area contributed by atoms with E-state index in [4.69, 9.17) is 12.2 Å². The number of para-hydroxylation sites is 1. The second-order valence-electron chi connectivity index (χ2n) is 5.88. The number of hydrogen-bond donors (Lipinski definition) is 2.